The molecule has 0 amide bonds. The summed E-state index contributed by atoms with van der Waals surface area (Å²) >= 11 is 0. The summed E-state index contributed by atoms with van der Waals surface area (Å²) in [6.07, 6.45) is 2.61. The smallest absolute Gasteiger partial charge is 0.165 e. The van der Waals surface area contributed by atoms with Gasteiger partial charge in [-0.05, 0) is 19.4 Å². The molecule has 116 valence electrons. The van der Waals surface area contributed by atoms with Gasteiger partial charge in [-0.3, -0.25) is 4.79 Å². The quantitative estimate of drug-likeness (QED) is 0.574. The van der Waals surface area contributed by atoms with Gasteiger partial charge in [0.15, 0.2) is 15.6 Å². The number of sulfone groups is 1. The maximum atomic E-state index is 12.2. The zero-order valence-corrected chi connectivity index (χ0v) is 13.7. The minimum Gasteiger partial charge on any atom is -0.377 e. The molecular formula is C16H22O4S. The van der Waals surface area contributed by atoms with Crippen molar-refractivity contribution >= 4 is 15.6 Å². The Morgan fingerprint density at radius 2 is 1.86 bits per heavy atom. The summed E-state index contributed by atoms with van der Waals surface area (Å²) in [5.74, 6) is -0.0257. The lowest BCUT2D eigenvalue weighted by atomic mass is 10.0. The molecule has 0 aromatic heterocycles. The summed E-state index contributed by atoms with van der Waals surface area (Å²) in [7, 11) is -1.62. The predicted molar refractivity (Wildman–Crippen MR) is 84.2 cm³/mol. The van der Waals surface area contributed by atoms with E-state index in [0.29, 0.717) is 5.56 Å². The van der Waals surface area contributed by atoms with Gasteiger partial charge in [-0.25, -0.2) is 8.42 Å². The average molecular weight is 310 g/mol. The average Bonchev–Trinajstić information content (AvgIpc) is 2.44. The molecule has 0 radical (unpaired) electrons. The third-order valence-corrected chi connectivity index (χ3v) is 4.92. The molecule has 1 rings (SSSR count). The van der Waals surface area contributed by atoms with Crippen LogP contribution < -0.4 is 0 Å². The lowest BCUT2D eigenvalue weighted by Crippen LogP contribution is -2.20. The Labute approximate surface area is 126 Å². The molecule has 0 saturated carbocycles. The van der Waals surface area contributed by atoms with E-state index in [0.717, 1.165) is 5.57 Å². The van der Waals surface area contributed by atoms with Crippen molar-refractivity contribution in [1.29, 1.82) is 0 Å². The van der Waals surface area contributed by atoms with Crippen molar-refractivity contribution in [3.05, 3.63) is 47.5 Å². The fraction of sp³-hybridized carbons (Fsp3) is 0.438. The molecule has 0 fully saturated rings. The van der Waals surface area contributed by atoms with E-state index in [2.05, 4.69) is 0 Å². The molecule has 1 aromatic rings. The van der Waals surface area contributed by atoms with Gasteiger partial charge in [-0.1, -0.05) is 36.4 Å². The van der Waals surface area contributed by atoms with Gasteiger partial charge < -0.3 is 4.74 Å². The molecule has 0 N–H and O–H groups in total. The molecule has 21 heavy (non-hydrogen) atoms. The number of methoxy groups -OCH3 is 1. The van der Waals surface area contributed by atoms with Crippen LogP contribution in [0.5, 0.6) is 0 Å². The van der Waals surface area contributed by atoms with E-state index >= 15 is 0 Å². The number of ether oxygens (including phenoxy) is 1. The molecule has 2 atom stereocenters. The van der Waals surface area contributed by atoms with Gasteiger partial charge in [-0.15, -0.1) is 0 Å². The minimum absolute atomic E-state index is 0.0257. The van der Waals surface area contributed by atoms with Gasteiger partial charge in [-0.2, -0.15) is 0 Å². The number of rotatable bonds is 7. The molecule has 0 saturated heterocycles. The van der Waals surface area contributed by atoms with E-state index in [1.165, 1.54) is 13.4 Å². The zero-order valence-electron chi connectivity index (χ0n) is 12.9. The van der Waals surface area contributed by atoms with E-state index in [1.807, 2.05) is 18.2 Å². The van der Waals surface area contributed by atoms with Crippen LogP contribution in [-0.2, 0) is 14.6 Å². The summed E-state index contributed by atoms with van der Waals surface area (Å²) in [4.78, 5) is 12.2. The van der Waals surface area contributed by atoms with Crippen molar-refractivity contribution in [2.24, 2.45) is 0 Å². The maximum absolute atomic E-state index is 12.2. The van der Waals surface area contributed by atoms with Gasteiger partial charge in [0, 0.05) is 25.3 Å². The van der Waals surface area contributed by atoms with Crippen LogP contribution in [-0.4, -0.2) is 38.9 Å². The zero-order chi connectivity index (χ0) is 16.0. The van der Waals surface area contributed by atoms with Crippen LogP contribution in [0.25, 0.3) is 0 Å². The number of hydrogen-bond acceptors (Lipinski definition) is 4. The van der Waals surface area contributed by atoms with Crippen LogP contribution in [0, 0.1) is 0 Å². The molecule has 0 unspecified atom stereocenters. The molecule has 0 heterocycles. The first-order valence-corrected chi connectivity index (χ1v) is 8.69. The normalized spacial score (nSPS) is 15.5. The highest BCUT2D eigenvalue weighted by Gasteiger charge is 2.19. The molecule has 0 aliphatic heterocycles. The number of carbonyl (C=O) groups excluding carboxylic acids is 1. The molecule has 0 aliphatic rings. The second kappa shape index (κ2) is 7.52. The highest BCUT2D eigenvalue weighted by Crippen LogP contribution is 2.16. The van der Waals surface area contributed by atoms with Crippen molar-refractivity contribution in [3.63, 3.8) is 0 Å². The molecule has 0 aliphatic carbocycles. The minimum atomic E-state index is -3.14. The first-order valence-electron chi connectivity index (χ1n) is 6.74. The van der Waals surface area contributed by atoms with Crippen LogP contribution in [0.4, 0.5) is 0 Å². The summed E-state index contributed by atoms with van der Waals surface area (Å²) < 4.78 is 28.3. The third kappa shape index (κ3) is 5.44. The van der Waals surface area contributed by atoms with E-state index in [4.69, 9.17) is 4.74 Å². The van der Waals surface area contributed by atoms with Gasteiger partial charge in [0.2, 0.25) is 0 Å². The number of carbonyl (C=O) groups is 1. The van der Waals surface area contributed by atoms with Crippen LogP contribution in [0.1, 0.15) is 30.6 Å². The van der Waals surface area contributed by atoms with E-state index in [-0.39, 0.29) is 12.2 Å². The Bertz CT molecular complexity index is 602. The molecule has 1 aromatic carbocycles. The Hall–Kier alpha value is -1.46. The Morgan fingerprint density at radius 1 is 1.29 bits per heavy atom. The van der Waals surface area contributed by atoms with Crippen LogP contribution in [0.3, 0.4) is 0 Å². The first kappa shape index (κ1) is 17.6. The van der Waals surface area contributed by atoms with Gasteiger partial charge in [0.25, 0.3) is 0 Å². The number of hydrogen-bond donors (Lipinski definition) is 0. The van der Waals surface area contributed by atoms with Crippen LogP contribution in [0.2, 0.25) is 0 Å². The van der Waals surface area contributed by atoms with Crippen molar-refractivity contribution in [1.82, 2.24) is 0 Å². The number of Topliss-reactive ketones (excluding diaryl/α,β-unsaturated/α-hetero) is 1. The van der Waals surface area contributed by atoms with Gasteiger partial charge >= 0.3 is 0 Å². The summed E-state index contributed by atoms with van der Waals surface area (Å²) in [5, 5.41) is -0.595. The monoisotopic (exact) mass is 310 g/mol. The van der Waals surface area contributed by atoms with E-state index in [9.17, 15) is 13.2 Å². The predicted octanol–water partition coefficient (Wildman–Crippen LogP) is 2.65. The molecule has 5 heteroatoms. The van der Waals surface area contributed by atoms with Crippen molar-refractivity contribution in [3.8, 4) is 0 Å². The SMILES string of the molecule is CO[C@@H](CC(=O)c1ccccc1)/C(C)=C\[C@@H](C)S(C)(=O)=O. The highest BCUT2D eigenvalue weighted by atomic mass is 32.2. The lowest BCUT2D eigenvalue weighted by molar-refractivity contribution is 0.0830. The summed E-state index contributed by atoms with van der Waals surface area (Å²) in [6.45, 7) is 3.40. The Balaban J connectivity index is 2.84. The summed E-state index contributed by atoms with van der Waals surface area (Å²) in [6, 6.07) is 8.98. The fourth-order valence-corrected chi connectivity index (χ4v) is 2.40. The van der Waals surface area contributed by atoms with Crippen molar-refractivity contribution < 1.29 is 17.9 Å². The molecule has 0 spiro atoms. The molecule has 0 bridgehead atoms. The second-order valence-electron chi connectivity index (χ2n) is 5.16. The second-order valence-corrected chi connectivity index (χ2v) is 7.57. The maximum Gasteiger partial charge on any atom is 0.165 e. The molecular weight excluding hydrogens is 288 g/mol. The van der Waals surface area contributed by atoms with E-state index < -0.39 is 21.2 Å². The standard InChI is InChI=1S/C16H22O4S/c1-12(10-13(2)21(4,18)19)16(20-3)11-15(17)14-8-6-5-7-9-14/h5-10,13,16H,11H2,1-4H3/b12-10-/t13-,16+/m1/s1. The highest BCUT2D eigenvalue weighted by molar-refractivity contribution is 7.91. The van der Waals surface area contributed by atoms with Gasteiger partial charge in [0.1, 0.15) is 0 Å². The number of benzene rings is 1. The Kier molecular flexibility index (Phi) is 6.30. The topological polar surface area (TPSA) is 60.4 Å². The van der Waals surface area contributed by atoms with Gasteiger partial charge in [0.05, 0.1) is 11.4 Å². The Morgan fingerprint density at radius 3 is 2.33 bits per heavy atom. The number of ketones is 1. The van der Waals surface area contributed by atoms with Crippen molar-refractivity contribution in [2.45, 2.75) is 31.6 Å². The largest absolute Gasteiger partial charge is 0.377 e. The molecule has 4 nitrogen and oxygen atoms in total. The lowest BCUT2D eigenvalue weighted by Gasteiger charge is -2.17. The van der Waals surface area contributed by atoms with E-state index in [1.54, 1.807) is 32.1 Å². The third-order valence-electron chi connectivity index (χ3n) is 3.43. The van der Waals surface area contributed by atoms with Crippen LogP contribution in [0.15, 0.2) is 42.0 Å². The van der Waals surface area contributed by atoms with Crippen LogP contribution >= 0.6 is 0 Å². The fourth-order valence-electron chi connectivity index (χ4n) is 1.94. The first-order chi connectivity index (χ1) is 9.75. The summed E-state index contributed by atoms with van der Waals surface area (Å²) in [5.41, 5.74) is 1.38. The van der Waals surface area contributed by atoms with Crippen molar-refractivity contribution in [2.75, 3.05) is 13.4 Å².